The molecule has 0 radical (unpaired) electrons. The minimum Gasteiger partial charge on any atom is -0.489 e. The van der Waals surface area contributed by atoms with Crippen LogP contribution in [-0.2, 0) is 17.8 Å². The number of aromatic nitrogens is 1. The van der Waals surface area contributed by atoms with Crippen LogP contribution >= 0.6 is 0 Å². The van der Waals surface area contributed by atoms with E-state index in [0.717, 1.165) is 66.5 Å². The fourth-order valence-electron chi connectivity index (χ4n) is 6.43. The third-order valence-corrected chi connectivity index (χ3v) is 8.46. The van der Waals surface area contributed by atoms with E-state index in [4.69, 9.17) is 9.47 Å². The number of aryl methyl sites for hydroxylation is 1. The van der Waals surface area contributed by atoms with Gasteiger partial charge in [-0.25, -0.2) is 9.37 Å². The monoisotopic (exact) mass is 517 g/mol. The van der Waals surface area contributed by atoms with Crippen LogP contribution < -0.4 is 9.47 Å². The molecule has 0 unspecified atom stereocenters. The fraction of sp³-hybridized carbons (Fsp3) is 0.438. The lowest BCUT2D eigenvalue weighted by Crippen LogP contribution is -2.17. The molecule has 0 bridgehead atoms. The normalized spacial score (nSPS) is 20.1. The molecule has 5 nitrogen and oxygen atoms in total. The van der Waals surface area contributed by atoms with Gasteiger partial charge in [0.05, 0.1) is 19.7 Å². The Labute approximate surface area is 224 Å². The number of pyridine rings is 1. The molecule has 2 aliphatic carbocycles. The Morgan fingerprint density at radius 2 is 1.92 bits per heavy atom. The number of aliphatic carboxylic acids is 1. The van der Waals surface area contributed by atoms with E-state index < -0.39 is 5.97 Å². The summed E-state index contributed by atoms with van der Waals surface area (Å²) < 4.78 is 26.5. The zero-order chi connectivity index (χ0) is 26.9. The molecule has 1 heterocycles. The van der Waals surface area contributed by atoms with Crippen LogP contribution in [0.4, 0.5) is 4.39 Å². The van der Waals surface area contributed by atoms with Gasteiger partial charge in [-0.15, -0.1) is 0 Å². The SMILES string of the molecule is COc1cc(-c2ccc(COc3ccc4c(c3)[C@H](CC(=O)O)CCC4)cc2[C@@H]2CCCC2(C)C)c(F)cn1. The first-order chi connectivity index (χ1) is 18.2. The smallest absolute Gasteiger partial charge is 0.303 e. The molecule has 1 N–H and O–H groups in total. The highest BCUT2D eigenvalue weighted by Gasteiger charge is 2.37. The highest BCUT2D eigenvalue weighted by Crippen LogP contribution is 2.51. The minimum atomic E-state index is -0.764. The number of benzene rings is 2. The Hall–Kier alpha value is -3.41. The van der Waals surface area contributed by atoms with Crippen molar-refractivity contribution in [1.82, 2.24) is 4.98 Å². The summed E-state index contributed by atoms with van der Waals surface area (Å²) in [5.41, 5.74) is 5.96. The van der Waals surface area contributed by atoms with Crippen LogP contribution in [-0.4, -0.2) is 23.2 Å². The zero-order valence-electron chi connectivity index (χ0n) is 22.4. The molecule has 1 saturated carbocycles. The number of rotatable bonds is 8. The lowest BCUT2D eigenvalue weighted by molar-refractivity contribution is -0.137. The molecule has 1 aromatic heterocycles. The molecule has 2 aromatic carbocycles. The maximum atomic E-state index is 15.0. The number of carboxylic acid groups (broad SMARTS) is 1. The van der Waals surface area contributed by atoms with Crippen molar-refractivity contribution in [3.8, 4) is 22.8 Å². The van der Waals surface area contributed by atoms with Crippen LogP contribution in [0.25, 0.3) is 11.1 Å². The molecule has 1 fully saturated rings. The molecule has 6 heteroatoms. The van der Waals surface area contributed by atoms with Crippen molar-refractivity contribution in [1.29, 1.82) is 0 Å². The molecular weight excluding hydrogens is 481 g/mol. The van der Waals surface area contributed by atoms with Gasteiger partial charge < -0.3 is 14.6 Å². The average Bonchev–Trinajstić information content (AvgIpc) is 3.26. The van der Waals surface area contributed by atoms with Crippen LogP contribution in [0.2, 0.25) is 0 Å². The van der Waals surface area contributed by atoms with Crippen LogP contribution in [0.15, 0.2) is 48.7 Å². The first kappa shape index (κ1) is 26.2. The van der Waals surface area contributed by atoms with Gasteiger partial charge in [-0.2, -0.15) is 0 Å². The van der Waals surface area contributed by atoms with Gasteiger partial charge in [-0.05, 0) is 89.3 Å². The van der Waals surface area contributed by atoms with Crippen LogP contribution in [0, 0.1) is 11.2 Å². The van der Waals surface area contributed by atoms with E-state index in [2.05, 4.69) is 31.0 Å². The molecule has 2 aliphatic rings. The van der Waals surface area contributed by atoms with E-state index in [1.807, 2.05) is 24.3 Å². The van der Waals surface area contributed by atoms with Gasteiger partial charge in [0.1, 0.15) is 18.2 Å². The van der Waals surface area contributed by atoms with E-state index in [1.54, 1.807) is 6.07 Å². The summed E-state index contributed by atoms with van der Waals surface area (Å²) in [4.78, 5) is 15.4. The highest BCUT2D eigenvalue weighted by atomic mass is 19.1. The van der Waals surface area contributed by atoms with Crippen molar-refractivity contribution < 1.29 is 23.8 Å². The Morgan fingerprint density at radius 1 is 1.08 bits per heavy atom. The molecule has 2 atom stereocenters. The van der Waals surface area contributed by atoms with Crippen molar-refractivity contribution >= 4 is 5.97 Å². The molecule has 0 spiro atoms. The Kier molecular flexibility index (Phi) is 7.42. The van der Waals surface area contributed by atoms with Crippen molar-refractivity contribution in [2.24, 2.45) is 5.41 Å². The number of carbonyl (C=O) groups is 1. The number of hydrogen-bond donors (Lipinski definition) is 1. The van der Waals surface area contributed by atoms with Crippen molar-refractivity contribution in [3.63, 3.8) is 0 Å². The number of carboxylic acids is 1. The first-order valence-electron chi connectivity index (χ1n) is 13.6. The summed E-state index contributed by atoms with van der Waals surface area (Å²) in [6.07, 6.45) is 7.59. The Bertz CT molecular complexity index is 1340. The molecule has 5 rings (SSSR count). The number of hydrogen-bond acceptors (Lipinski definition) is 4. The minimum absolute atomic E-state index is 0.0301. The van der Waals surface area contributed by atoms with Crippen molar-refractivity contribution in [2.45, 2.75) is 77.2 Å². The van der Waals surface area contributed by atoms with Gasteiger partial charge in [-0.1, -0.05) is 44.5 Å². The van der Waals surface area contributed by atoms with Crippen LogP contribution in [0.1, 0.15) is 86.5 Å². The molecule has 0 saturated heterocycles. The Morgan fingerprint density at radius 3 is 2.66 bits per heavy atom. The number of fused-ring (bicyclic) bond motifs is 1. The van der Waals surface area contributed by atoms with Crippen LogP contribution in [0.5, 0.6) is 11.6 Å². The number of nitrogens with zero attached hydrogens (tertiary/aromatic N) is 1. The number of ether oxygens (including phenoxy) is 2. The maximum Gasteiger partial charge on any atom is 0.303 e. The van der Waals surface area contributed by atoms with Gasteiger partial charge >= 0.3 is 5.97 Å². The van der Waals surface area contributed by atoms with Gasteiger partial charge in [0.2, 0.25) is 5.88 Å². The number of methoxy groups -OCH3 is 1. The highest BCUT2D eigenvalue weighted by molar-refractivity contribution is 5.70. The van der Waals surface area contributed by atoms with E-state index in [9.17, 15) is 14.3 Å². The molecule has 200 valence electrons. The lowest BCUT2D eigenvalue weighted by Gasteiger charge is -2.30. The second-order valence-corrected chi connectivity index (χ2v) is 11.4. The summed E-state index contributed by atoms with van der Waals surface area (Å²) in [7, 11) is 1.54. The van der Waals surface area contributed by atoms with E-state index in [-0.39, 0.29) is 23.6 Å². The van der Waals surface area contributed by atoms with E-state index in [0.29, 0.717) is 24.0 Å². The average molecular weight is 518 g/mol. The van der Waals surface area contributed by atoms with Gasteiger partial charge in [-0.3, -0.25) is 4.79 Å². The van der Waals surface area contributed by atoms with Crippen molar-refractivity contribution in [2.75, 3.05) is 7.11 Å². The van der Waals surface area contributed by atoms with Gasteiger partial charge in [0.25, 0.3) is 0 Å². The second-order valence-electron chi connectivity index (χ2n) is 11.4. The summed E-state index contributed by atoms with van der Waals surface area (Å²) >= 11 is 0. The second kappa shape index (κ2) is 10.8. The van der Waals surface area contributed by atoms with E-state index >= 15 is 0 Å². The van der Waals surface area contributed by atoms with Crippen LogP contribution in [0.3, 0.4) is 0 Å². The predicted molar refractivity (Wildman–Crippen MR) is 145 cm³/mol. The van der Waals surface area contributed by atoms with Crippen molar-refractivity contribution in [3.05, 3.63) is 76.7 Å². The maximum absolute atomic E-state index is 15.0. The topological polar surface area (TPSA) is 68.7 Å². The van der Waals surface area contributed by atoms with Gasteiger partial charge in [0.15, 0.2) is 0 Å². The third kappa shape index (κ3) is 5.40. The number of halogens is 1. The van der Waals surface area contributed by atoms with E-state index in [1.165, 1.54) is 18.9 Å². The largest absolute Gasteiger partial charge is 0.489 e. The summed E-state index contributed by atoms with van der Waals surface area (Å²) in [6, 6.07) is 13.9. The summed E-state index contributed by atoms with van der Waals surface area (Å²) in [6.45, 7) is 4.97. The quantitative estimate of drug-likeness (QED) is 0.332. The molecule has 38 heavy (non-hydrogen) atoms. The predicted octanol–water partition coefficient (Wildman–Crippen LogP) is 7.66. The standard InChI is InChI=1S/C32H36FNO4/c1-32(2)13-5-8-28(32)26-14-20(9-12-24(26)27-17-30(37-3)34-18-29(27)33)19-38-23-11-10-21-6-4-7-22(15-31(35)36)25(21)16-23/h9-12,14,16-18,22,28H,4-8,13,15,19H2,1-3H3,(H,35,36)/t22-,28-/m0/s1. The molecular formula is C32H36FNO4. The summed E-state index contributed by atoms with van der Waals surface area (Å²) in [5.74, 6) is 0.340. The van der Waals surface area contributed by atoms with Gasteiger partial charge in [0, 0.05) is 11.6 Å². The molecule has 0 amide bonds. The molecule has 0 aliphatic heterocycles. The third-order valence-electron chi connectivity index (χ3n) is 8.46. The lowest BCUT2D eigenvalue weighted by atomic mass is 9.75. The summed E-state index contributed by atoms with van der Waals surface area (Å²) in [5, 5.41) is 9.35. The zero-order valence-corrected chi connectivity index (χ0v) is 22.4. The first-order valence-corrected chi connectivity index (χ1v) is 13.6. The Balaban J connectivity index is 1.45. The molecule has 3 aromatic rings. The fourth-order valence-corrected chi connectivity index (χ4v) is 6.43.